The normalized spacial score (nSPS) is 14.3. The molecule has 24 heavy (non-hydrogen) atoms. The summed E-state index contributed by atoms with van der Waals surface area (Å²) in [7, 11) is 0. The highest BCUT2D eigenvalue weighted by Gasteiger charge is 2.30. The van der Waals surface area contributed by atoms with Crippen molar-refractivity contribution in [3.63, 3.8) is 0 Å². The van der Waals surface area contributed by atoms with Gasteiger partial charge in [-0.3, -0.25) is 4.90 Å². The van der Waals surface area contributed by atoms with Crippen LogP contribution in [0.15, 0.2) is 47.1 Å². The molecule has 1 aromatic heterocycles. The van der Waals surface area contributed by atoms with Crippen molar-refractivity contribution < 1.29 is 9.53 Å². The third-order valence-corrected chi connectivity index (χ3v) is 4.08. The van der Waals surface area contributed by atoms with Crippen LogP contribution >= 0.6 is 15.9 Å². The average molecular weight is 390 g/mol. The van der Waals surface area contributed by atoms with Crippen LogP contribution in [0.2, 0.25) is 0 Å². The van der Waals surface area contributed by atoms with Crippen molar-refractivity contribution in [3.8, 4) is 0 Å². The van der Waals surface area contributed by atoms with Crippen molar-refractivity contribution >= 4 is 39.2 Å². The minimum absolute atomic E-state index is 0.321. The number of anilines is 3. The molecule has 0 spiro atoms. The summed E-state index contributed by atoms with van der Waals surface area (Å²) in [6.45, 7) is 6.82. The third kappa shape index (κ3) is 3.53. The fourth-order valence-electron chi connectivity index (χ4n) is 2.63. The summed E-state index contributed by atoms with van der Waals surface area (Å²) >= 11 is 3.41. The molecule has 1 aromatic carbocycles. The number of pyridine rings is 1. The number of ether oxygens (including phenoxy) is 1. The number of hydrogen-bond acceptors (Lipinski definition) is 4. The van der Waals surface area contributed by atoms with E-state index in [1.165, 1.54) is 0 Å². The SMILES string of the molecule is CC(C)(C)OC(=O)N1CCN(c2ccc(Br)cn2)c2ccccc21. The number of para-hydroxylation sites is 2. The van der Waals surface area contributed by atoms with E-state index >= 15 is 0 Å². The first-order chi connectivity index (χ1) is 11.3. The third-order valence-electron chi connectivity index (χ3n) is 3.61. The van der Waals surface area contributed by atoms with Gasteiger partial charge in [-0.05, 0) is 61.0 Å². The number of hydrogen-bond donors (Lipinski definition) is 0. The Bertz CT molecular complexity index is 741. The number of benzene rings is 1. The van der Waals surface area contributed by atoms with E-state index in [0.29, 0.717) is 13.1 Å². The molecule has 6 heteroatoms. The van der Waals surface area contributed by atoms with Crippen molar-refractivity contribution in [2.45, 2.75) is 26.4 Å². The maximum absolute atomic E-state index is 12.5. The molecule has 0 saturated carbocycles. The summed E-state index contributed by atoms with van der Waals surface area (Å²) in [5.74, 6) is 0.856. The second-order valence-corrected chi connectivity index (χ2v) is 7.52. The monoisotopic (exact) mass is 389 g/mol. The summed E-state index contributed by atoms with van der Waals surface area (Å²) < 4.78 is 6.47. The molecule has 0 bridgehead atoms. The van der Waals surface area contributed by atoms with Crippen molar-refractivity contribution in [2.75, 3.05) is 22.9 Å². The summed E-state index contributed by atoms with van der Waals surface area (Å²) in [6.07, 6.45) is 1.46. The van der Waals surface area contributed by atoms with E-state index in [-0.39, 0.29) is 6.09 Å². The maximum Gasteiger partial charge on any atom is 0.414 e. The number of nitrogens with zero attached hydrogens (tertiary/aromatic N) is 3. The lowest BCUT2D eigenvalue weighted by atomic mass is 10.1. The topological polar surface area (TPSA) is 45.7 Å². The van der Waals surface area contributed by atoms with E-state index in [1.54, 1.807) is 11.1 Å². The zero-order valence-electron chi connectivity index (χ0n) is 14.0. The van der Waals surface area contributed by atoms with Crippen molar-refractivity contribution in [3.05, 3.63) is 47.1 Å². The summed E-state index contributed by atoms with van der Waals surface area (Å²) in [6, 6.07) is 11.7. The van der Waals surface area contributed by atoms with Gasteiger partial charge in [-0.1, -0.05) is 12.1 Å². The fourth-order valence-corrected chi connectivity index (χ4v) is 2.87. The molecule has 0 atom stereocenters. The Morgan fingerprint density at radius 2 is 1.83 bits per heavy atom. The number of rotatable bonds is 1. The molecule has 0 fully saturated rings. The number of carbonyl (C=O) groups is 1. The van der Waals surface area contributed by atoms with Gasteiger partial charge in [0, 0.05) is 23.8 Å². The van der Waals surface area contributed by atoms with Gasteiger partial charge in [-0.25, -0.2) is 9.78 Å². The summed E-state index contributed by atoms with van der Waals surface area (Å²) in [4.78, 5) is 20.8. The molecule has 1 amide bonds. The van der Waals surface area contributed by atoms with Crippen LogP contribution in [0.3, 0.4) is 0 Å². The average Bonchev–Trinajstić information content (AvgIpc) is 2.53. The Labute approximate surface area is 150 Å². The predicted molar refractivity (Wildman–Crippen MR) is 99.0 cm³/mol. The zero-order chi connectivity index (χ0) is 17.3. The molecule has 1 aliphatic heterocycles. The minimum atomic E-state index is -0.517. The molecule has 126 valence electrons. The smallest absolute Gasteiger partial charge is 0.414 e. The number of carbonyl (C=O) groups excluding carboxylic acids is 1. The highest BCUT2D eigenvalue weighted by molar-refractivity contribution is 9.10. The number of halogens is 1. The first-order valence-electron chi connectivity index (χ1n) is 7.84. The Kier molecular flexibility index (Phi) is 4.49. The van der Waals surface area contributed by atoms with Crippen LogP contribution in [0.4, 0.5) is 22.0 Å². The molecule has 5 nitrogen and oxygen atoms in total. The van der Waals surface area contributed by atoms with E-state index in [9.17, 15) is 4.79 Å². The molecule has 2 aromatic rings. The minimum Gasteiger partial charge on any atom is -0.443 e. The number of fused-ring (bicyclic) bond motifs is 1. The fraction of sp³-hybridized carbons (Fsp3) is 0.333. The quantitative estimate of drug-likeness (QED) is 0.706. The van der Waals surface area contributed by atoms with Gasteiger partial charge in [0.1, 0.15) is 11.4 Å². The van der Waals surface area contributed by atoms with Gasteiger partial charge in [-0.2, -0.15) is 0 Å². The van der Waals surface area contributed by atoms with E-state index in [1.807, 2.05) is 57.2 Å². The van der Waals surface area contributed by atoms with Crippen LogP contribution < -0.4 is 9.80 Å². The van der Waals surface area contributed by atoms with Crippen molar-refractivity contribution in [2.24, 2.45) is 0 Å². The number of aromatic nitrogens is 1. The van der Waals surface area contributed by atoms with Crippen molar-refractivity contribution in [1.29, 1.82) is 0 Å². The second-order valence-electron chi connectivity index (χ2n) is 6.61. The van der Waals surface area contributed by atoms with E-state index in [0.717, 1.165) is 21.7 Å². The molecular weight excluding hydrogens is 370 g/mol. The lowest BCUT2D eigenvalue weighted by Gasteiger charge is -2.37. The van der Waals surface area contributed by atoms with Crippen LogP contribution in [0.25, 0.3) is 0 Å². The molecular formula is C18H20BrN3O2. The lowest BCUT2D eigenvalue weighted by molar-refractivity contribution is 0.0580. The van der Waals surface area contributed by atoms with Gasteiger partial charge in [-0.15, -0.1) is 0 Å². The van der Waals surface area contributed by atoms with Gasteiger partial charge < -0.3 is 9.64 Å². The van der Waals surface area contributed by atoms with Crippen molar-refractivity contribution in [1.82, 2.24) is 4.98 Å². The first kappa shape index (κ1) is 16.8. The Balaban J connectivity index is 1.93. The number of amides is 1. The highest BCUT2D eigenvalue weighted by atomic mass is 79.9. The largest absolute Gasteiger partial charge is 0.443 e. The Hall–Kier alpha value is -2.08. The molecule has 2 heterocycles. The Morgan fingerprint density at radius 3 is 2.46 bits per heavy atom. The molecule has 1 aliphatic rings. The van der Waals surface area contributed by atoms with E-state index in [2.05, 4.69) is 25.8 Å². The van der Waals surface area contributed by atoms with Gasteiger partial charge in [0.15, 0.2) is 0 Å². The summed E-state index contributed by atoms with van der Waals surface area (Å²) in [5.41, 5.74) is 1.27. The molecule has 0 saturated heterocycles. The molecule has 0 N–H and O–H groups in total. The van der Waals surface area contributed by atoms with E-state index in [4.69, 9.17) is 4.74 Å². The molecule has 0 radical (unpaired) electrons. The second kappa shape index (κ2) is 6.43. The van der Waals surface area contributed by atoms with Crippen LogP contribution in [0, 0.1) is 0 Å². The molecule has 3 rings (SSSR count). The van der Waals surface area contributed by atoms with Crippen LogP contribution in [-0.2, 0) is 4.74 Å². The van der Waals surface area contributed by atoms with Gasteiger partial charge >= 0.3 is 6.09 Å². The van der Waals surface area contributed by atoms with Crippen LogP contribution in [-0.4, -0.2) is 29.8 Å². The van der Waals surface area contributed by atoms with Gasteiger partial charge in [0.2, 0.25) is 0 Å². The van der Waals surface area contributed by atoms with Crippen LogP contribution in [0.5, 0.6) is 0 Å². The highest BCUT2D eigenvalue weighted by Crippen LogP contribution is 2.37. The molecule has 0 unspecified atom stereocenters. The first-order valence-corrected chi connectivity index (χ1v) is 8.63. The van der Waals surface area contributed by atoms with E-state index < -0.39 is 5.60 Å². The molecule has 0 aliphatic carbocycles. The summed E-state index contributed by atoms with van der Waals surface area (Å²) in [5, 5.41) is 0. The predicted octanol–water partition coefficient (Wildman–Crippen LogP) is 4.74. The maximum atomic E-state index is 12.5. The zero-order valence-corrected chi connectivity index (χ0v) is 15.6. The lowest BCUT2D eigenvalue weighted by Crippen LogP contribution is -2.44. The van der Waals surface area contributed by atoms with Gasteiger partial charge in [0.05, 0.1) is 11.4 Å². The standard InChI is InChI=1S/C18H20BrN3O2/c1-18(2,3)24-17(23)22-11-10-21(14-6-4-5-7-15(14)22)16-9-8-13(19)12-20-16/h4-9,12H,10-11H2,1-3H3. The van der Waals surface area contributed by atoms with Crippen LogP contribution in [0.1, 0.15) is 20.8 Å². The van der Waals surface area contributed by atoms with Gasteiger partial charge in [0.25, 0.3) is 0 Å². The Morgan fingerprint density at radius 1 is 1.12 bits per heavy atom.